The van der Waals surface area contributed by atoms with Crippen LogP contribution in [0.15, 0.2) is 29.0 Å². The van der Waals surface area contributed by atoms with Crippen LogP contribution < -0.4 is 0 Å². The Morgan fingerprint density at radius 2 is 2.10 bits per heavy atom. The molecule has 0 saturated carbocycles. The first-order chi connectivity index (χ1) is 10.2. The molecule has 7 heteroatoms. The lowest BCUT2D eigenvalue weighted by molar-refractivity contribution is -0.183. The second-order valence-electron chi connectivity index (χ2n) is 5.20. The van der Waals surface area contributed by atoms with Crippen LogP contribution in [-0.4, -0.2) is 41.8 Å². The summed E-state index contributed by atoms with van der Waals surface area (Å²) in [6.45, 7) is 1.14. The zero-order valence-electron chi connectivity index (χ0n) is 11.1. The first kappa shape index (κ1) is 12.6. The van der Waals surface area contributed by atoms with Crippen LogP contribution in [0.1, 0.15) is 21.8 Å². The Morgan fingerprint density at radius 3 is 2.86 bits per heavy atom. The summed E-state index contributed by atoms with van der Waals surface area (Å²) in [5.74, 6) is -1.71. The third-order valence-corrected chi connectivity index (χ3v) is 4.15. The largest absolute Gasteiger partial charge is 0.500 e. The molecule has 3 aliphatic rings. The molecule has 0 amide bonds. The molecule has 2 aliphatic heterocycles. The highest BCUT2D eigenvalue weighted by Gasteiger charge is 2.60. The highest BCUT2D eigenvalue weighted by Crippen LogP contribution is 2.49. The summed E-state index contributed by atoms with van der Waals surface area (Å²) in [6, 6.07) is 0. The number of nitrogens with zero attached hydrogens (tertiary/aromatic N) is 1. The zero-order chi connectivity index (χ0) is 14.5. The normalized spacial score (nSPS) is 28.8. The lowest BCUT2D eigenvalue weighted by atomic mass is 9.71. The SMILES string of the molecule is O=C(O)c1noc2c1CC=CC21COC=CC12OCCO2. The number of carbonyl (C=O) groups is 1. The summed E-state index contributed by atoms with van der Waals surface area (Å²) in [5.41, 5.74) is -0.384. The predicted molar refractivity (Wildman–Crippen MR) is 67.7 cm³/mol. The van der Waals surface area contributed by atoms with Crippen LogP contribution in [0.2, 0.25) is 0 Å². The summed E-state index contributed by atoms with van der Waals surface area (Å²) in [7, 11) is 0. The van der Waals surface area contributed by atoms with Crippen LogP contribution in [0, 0.1) is 0 Å². The quantitative estimate of drug-likeness (QED) is 0.772. The van der Waals surface area contributed by atoms with E-state index in [1.54, 1.807) is 6.08 Å². The zero-order valence-corrected chi connectivity index (χ0v) is 11.1. The Balaban J connectivity index is 1.92. The Morgan fingerprint density at radius 1 is 1.29 bits per heavy atom. The van der Waals surface area contributed by atoms with Gasteiger partial charge in [0.1, 0.15) is 12.0 Å². The molecule has 110 valence electrons. The molecule has 1 aliphatic carbocycles. The van der Waals surface area contributed by atoms with Crippen molar-refractivity contribution < 1.29 is 28.6 Å². The number of allylic oxidation sites excluding steroid dienone is 1. The van der Waals surface area contributed by atoms with Crippen LogP contribution in [0.3, 0.4) is 0 Å². The Labute approximate surface area is 119 Å². The number of carboxylic acids is 1. The summed E-state index contributed by atoms with van der Waals surface area (Å²) in [5, 5.41) is 12.9. The molecule has 2 spiro atoms. The minimum atomic E-state index is -1.11. The van der Waals surface area contributed by atoms with E-state index in [2.05, 4.69) is 5.16 Å². The summed E-state index contributed by atoms with van der Waals surface area (Å²) in [6.07, 6.45) is 7.46. The van der Waals surface area contributed by atoms with Crippen molar-refractivity contribution in [2.75, 3.05) is 19.8 Å². The number of hydrogen-bond donors (Lipinski definition) is 1. The van der Waals surface area contributed by atoms with Crippen molar-refractivity contribution >= 4 is 5.97 Å². The van der Waals surface area contributed by atoms with Crippen molar-refractivity contribution in [2.45, 2.75) is 17.6 Å². The molecular weight excluding hydrogens is 278 g/mol. The van der Waals surface area contributed by atoms with E-state index in [-0.39, 0.29) is 12.3 Å². The van der Waals surface area contributed by atoms with Crippen molar-refractivity contribution in [1.29, 1.82) is 0 Å². The molecule has 7 nitrogen and oxygen atoms in total. The molecule has 0 aromatic carbocycles. The van der Waals surface area contributed by atoms with Gasteiger partial charge in [-0.1, -0.05) is 17.3 Å². The van der Waals surface area contributed by atoms with Gasteiger partial charge >= 0.3 is 5.97 Å². The fraction of sp³-hybridized carbons (Fsp3) is 0.429. The van der Waals surface area contributed by atoms with Gasteiger partial charge in [-0.3, -0.25) is 0 Å². The molecule has 1 aromatic heterocycles. The predicted octanol–water partition coefficient (Wildman–Crippen LogP) is 1.01. The van der Waals surface area contributed by atoms with Crippen molar-refractivity contribution in [3.05, 3.63) is 41.5 Å². The van der Waals surface area contributed by atoms with Gasteiger partial charge < -0.3 is 23.8 Å². The number of hydrogen-bond acceptors (Lipinski definition) is 6. The van der Waals surface area contributed by atoms with Crippen LogP contribution in [0.25, 0.3) is 0 Å². The van der Waals surface area contributed by atoms with E-state index in [9.17, 15) is 9.90 Å². The third kappa shape index (κ3) is 1.50. The lowest BCUT2D eigenvalue weighted by Gasteiger charge is -2.44. The van der Waals surface area contributed by atoms with E-state index in [1.165, 1.54) is 6.26 Å². The number of carboxylic acid groups (broad SMARTS) is 1. The van der Waals surface area contributed by atoms with Gasteiger partial charge in [-0.2, -0.15) is 0 Å². The topological polar surface area (TPSA) is 91.0 Å². The number of fused-ring (bicyclic) bond motifs is 3. The molecule has 21 heavy (non-hydrogen) atoms. The monoisotopic (exact) mass is 291 g/mol. The maximum absolute atomic E-state index is 11.3. The molecule has 1 N–H and O–H groups in total. The van der Waals surface area contributed by atoms with E-state index >= 15 is 0 Å². The van der Waals surface area contributed by atoms with Crippen molar-refractivity contribution in [3.8, 4) is 0 Å². The van der Waals surface area contributed by atoms with E-state index in [4.69, 9.17) is 18.7 Å². The molecule has 1 aromatic rings. The first-order valence-electron chi connectivity index (χ1n) is 6.66. The van der Waals surface area contributed by atoms with E-state index < -0.39 is 17.2 Å². The van der Waals surface area contributed by atoms with Gasteiger partial charge in [-0.05, 0) is 6.42 Å². The number of ether oxygens (including phenoxy) is 3. The average molecular weight is 291 g/mol. The Kier molecular flexibility index (Phi) is 2.51. The van der Waals surface area contributed by atoms with Crippen molar-refractivity contribution in [3.63, 3.8) is 0 Å². The highest BCUT2D eigenvalue weighted by molar-refractivity contribution is 5.87. The fourth-order valence-corrected chi connectivity index (χ4v) is 3.21. The van der Waals surface area contributed by atoms with Gasteiger partial charge in [0, 0.05) is 11.6 Å². The molecule has 1 unspecified atom stereocenters. The van der Waals surface area contributed by atoms with E-state index in [0.717, 1.165) is 0 Å². The Bertz CT molecular complexity index is 654. The van der Waals surface area contributed by atoms with Gasteiger partial charge in [-0.15, -0.1) is 0 Å². The van der Waals surface area contributed by atoms with Gasteiger partial charge in [0.25, 0.3) is 0 Å². The van der Waals surface area contributed by atoms with E-state index in [1.807, 2.05) is 12.2 Å². The van der Waals surface area contributed by atoms with Gasteiger partial charge in [-0.25, -0.2) is 4.79 Å². The van der Waals surface area contributed by atoms with Crippen LogP contribution in [0.4, 0.5) is 0 Å². The average Bonchev–Trinajstić information content (AvgIpc) is 3.11. The smallest absolute Gasteiger partial charge is 0.358 e. The molecule has 1 saturated heterocycles. The molecular formula is C14H13NO6. The number of aromatic carboxylic acids is 1. The molecule has 1 atom stereocenters. The molecule has 1 fully saturated rings. The number of aromatic nitrogens is 1. The standard InChI is InChI=1S/C14H13NO6/c16-12(17)10-9-2-1-3-13(11(9)21-15-10)8-18-5-4-14(13)19-6-7-20-14/h1,3-5H,2,6-8H2,(H,16,17). The van der Waals surface area contributed by atoms with Crippen LogP contribution in [-0.2, 0) is 26.0 Å². The summed E-state index contributed by atoms with van der Waals surface area (Å²) < 4.78 is 22.5. The Hall–Kier alpha value is -2.12. The van der Waals surface area contributed by atoms with Crippen molar-refractivity contribution in [2.24, 2.45) is 0 Å². The molecule has 4 rings (SSSR count). The van der Waals surface area contributed by atoms with Gasteiger partial charge in [0.2, 0.25) is 5.79 Å². The second-order valence-corrected chi connectivity index (χ2v) is 5.20. The number of rotatable bonds is 1. The molecule has 0 radical (unpaired) electrons. The minimum Gasteiger partial charge on any atom is -0.500 e. The maximum atomic E-state index is 11.3. The van der Waals surface area contributed by atoms with Gasteiger partial charge in [0.15, 0.2) is 11.5 Å². The van der Waals surface area contributed by atoms with Crippen molar-refractivity contribution in [1.82, 2.24) is 5.16 Å². The summed E-state index contributed by atoms with van der Waals surface area (Å²) >= 11 is 0. The summed E-state index contributed by atoms with van der Waals surface area (Å²) in [4.78, 5) is 11.3. The molecule has 3 heterocycles. The minimum absolute atomic E-state index is 0.0728. The van der Waals surface area contributed by atoms with Crippen LogP contribution >= 0.6 is 0 Å². The van der Waals surface area contributed by atoms with E-state index in [0.29, 0.717) is 31.0 Å². The first-order valence-corrected chi connectivity index (χ1v) is 6.66. The third-order valence-electron chi connectivity index (χ3n) is 4.15. The lowest BCUT2D eigenvalue weighted by Crippen LogP contribution is -2.55. The molecule has 0 bridgehead atoms. The van der Waals surface area contributed by atoms with Crippen LogP contribution in [0.5, 0.6) is 0 Å². The fourth-order valence-electron chi connectivity index (χ4n) is 3.21. The highest BCUT2D eigenvalue weighted by atomic mass is 16.7. The second kappa shape index (κ2) is 4.19. The maximum Gasteiger partial charge on any atom is 0.358 e. The van der Waals surface area contributed by atoms with Gasteiger partial charge in [0.05, 0.1) is 19.5 Å².